The van der Waals surface area contributed by atoms with Crippen molar-refractivity contribution in [2.45, 2.75) is 51.4 Å². The lowest BCUT2D eigenvalue weighted by molar-refractivity contribution is -0.138. The zero-order chi connectivity index (χ0) is 14.3. The van der Waals surface area contributed by atoms with E-state index in [9.17, 15) is 22.8 Å². The van der Waals surface area contributed by atoms with Crippen LogP contribution in [0.4, 0.5) is 18.0 Å². The van der Waals surface area contributed by atoms with Crippen LogP contribution in [0.1, 0.15) is 33.1 Å². The third-order valence-electron chi connectivity index (χ3n) is 2.16. The molecule has 0 aromatic carbocycles. The van der Waals surface area contributed by atoms with Crippen molar-refractivity contribution in [2.75, 3.05) is 0 Å². The quantitative estimate of drug-likeness (QED) is 0.689. The maximum Gasteiger partial charge on any atom is 0.391 e. The van der Waals surface area contributed by atoms with E-state index < -0.39 is 36.7 Å². The fourth-order valence-electron chi connectivity index (χ4n) is 1.36. The van der Waals surface area contributed by atoms with E-state index in [2.05, 4.69) is 10.6 Å². The lowest BCUT2D eigenvalue weighted by Gasteiger charge is -2.19. The van der Waals surface area contributed by atoms with E-state index in [-0.39, 0.29) is 6.42 Å². The van der Waals surface area contributed by atoms with Gasteiger partial charge in [0, 0.05) is 12.1 Å². The number of rotatable bonds is 6. The van der Waals surface area contributed by atoms with Gasteiger partial charge in [0.15, 0.2) is 0 Å². The van der Waals surface area contributed by atoms with Gasteiger partial charge in [-0.15, -0.1) is 0 Å². The van der Waals surface area contributed by atoms with E-state index in [4.69, 9.17) is 5.11 Å². The number of amides is 2. The number of hydrogen-bond donors (Lipinski definition) is 3. The van der Waals surface area contributed by atoms with Crippen LogP contribution in [0.3, 0.4) is 0 Å². The van der Waals surface area contributed by atoms with Crippen LogP contribution >= 0.6 is 0 Å². The molecular weight excluding hydrogens is 253 g/mol. The Morgan fingerprint density at radius 1 is 1.28 bits per heavy atom. The van der Waals surface area contributed by atoms with Gasteiger partial charge in [-0.05, 0) is 13.3 Å². The Morgan fingerprint density at radius 2 is 1.83 bits per heavy atom. The van der Waals surface area contributed by atoms with Gasteiger partial charge in [-0.3, -0.25) is 4.79 Å². The molecule has 0 aliphatic rings. The molecule has 2 atom stereocenters. The number of halogens is 3. The molecule has 0 bridgehead atoms. The summed E-state index contributed by atoms with van der Waals surface area (Å²) in [5, 5.41) is 13.0. The zero-order valence-corrected chi connectivity index (χ0v) is 10.2. The second-order valence-corrected chi connectivity index (χ2v) is 4.04. The highest BCUT2D eigenvalue weighted by Gasteiger charge is 2.30. The van der Waals surface area contributed by atoms with Gasteiger partial charge < -0.3 is 15.7 Å². The summed E-state index contributed by atoms with van der Waals surface area (Å²) in [6.45, 7) is 2.90. The number of carbonyl (C=O) groups is 2. The summed E-state index contributed by atoms with van der Waals surface area (Å²) in [6.07, 6.45) is -5.36. The van der Waals surface area contributed by atoms with Crippen LogP contribution < -0.4 is 10.6 Å². The minimum atomic E-state index is -4.35. The Kier molecular flexibility index (Phi) is 6.50. The van der Waals surface area contributed by atoms with Gasteiger partial charge >= 0.3 is 18.2 Å². The molecule has 0 saturated carbocycles. The third-order valence-corrected chi connectivity index (χ3v) is 2.16. The van der Waals surface area contributed by atoms with Crippen molar-refractivity contribution in [3.63, 3.8) is 0 Å². The van der Waals surface area contributed by atoms with Gasteiger partial charge in [0.2, 0.25) is 0 Å². The molecule has 0 fully saturated rings. The molecule has 0 radical (unpaired) electrons. The summed E-state index contributed by atoms with van der Waals surface area (Å²) >= 11 is 0. The Morgan fingerprint density at radius 3 is 2.22 bits per heavy atom. The summed E-state index contributed by atoms with van der Waals surface area (Å²) in [5.41, 5.74) is 0. The molecule has 18 heavy (non-hydrogen) atoms. The minimum Gasteiger partial charge on any atom is -0.481 e. The fourth-order valence-corrected chi connectivity index (χ4v) is 1.36. The van der Waals surface area contributed by atoms with Crippen LogP contribution in [0.15, 0.2) is 0 Å². The molecule has 0 aliphatic heterocycles. The van der Waals surface area contributed by atoms with Crippen LogP contribution in [0.5, 0.6) is 0 Å². The Labute approximate surface area is 103 Å². The molecule has 0 aromatic heterocycles. The van der Waals surface area contributed by atoms with Gasteiger partial charge in [-0.2, -0.15) is 13.2 Å². The first kappa shape index (κ1) is 16.5. The van der Waals surface area contributed by atoms with Gasteiger partial charge in [-0.1, -0.05) is 6.92 Å². The molecule has 8 heteroatoms. The van der Waals surface area contributed by atoms with Gasteiger partial charge in [0.25, 0.3) is 0 Å². The van der Waals surface area contributed by atoms with Crippen molar-refractivity contribution in [2.24, 2.45) is 0 Å². The van der Waals surface area contributed by atoms with E-state index in [1.54, 1.807) is 6.92 Å². The molecule has 5 nitrogen and oxygen atoms in total. The highest BCUT2D eigenvalue weighted by atomic mass is 19.4. The van der Waals surface area contributed by atoms with Gasteiger partial charge in [-0.25, -0.2) is 4.79 Å². The number of carboxylic acids is 1. The molecule has 2 unspecified atom stereocenters. The number of carbonyl (C=O) groups excluding carboxylic acids is 1. The topological polar surface area (TPSA) is 78.4 Å². The molecule has 0 heterocycles. The first-order valence-corrected chi connectivity index (χ1v) is 5.49. The SMILES string of the molecule is CCC(CC(=O)O)NC(=O)NC(C)CC(F)(F)F. The van der Waals surface area contributed by atoms with E-state index >= 15 is 0 Å². The van der Waals surface area contributed by atoms with Crippen molar-refractivity contribution in [1.82, 2.24) is 10.6 Å². The first-order chi connectivity index (χ1) is 8.14. The van der Waals surface area contributed by atoms with E-state index in [0.717, 1.165) is 0 Å². The average Bonchev–Trinajstić information content (AvgIpc) is 2.12. The highest BCUT2D eigenvalue weighted by molar-refractivity contribution is 5.75. The number of aliphatic carboxylic acids is 1. The second kappa shape index (κ2) is 7.07. The normalized spacial score (nSPS) is 14.7. The predicted octanol–water partition coefficient (Wildman–Crippen LogP) is 1.88. The molecule has 106 valence electrons. The molecule has 2 amide bonds. The third kappa shape index (κ3) is 8.66. The molecule has 0 rings (SSSR count). The van der Waals surface area contributed by atoms with Crippen LogP contribution in [-0.4, -0.2) is 35.4 Å². The summed E-state index contributed by atoms with van der Waals surface area (Å²) in [7, 11) is 0. The van der Waals surface area contributed by atoms with Gasteiger partial charge in [0.05, 0.1) is 12.8 Å². The number of nitrogens with one attached hydrogen (secondary N) is 2. The summed E-state index contributed by atoms with van der Waals surface area (Å²) in [6, 6.07) is -2.45. The standard InChI is InChI=1S/C10H17F3N2O3/c1-3-7(4-8(16)17)15-9(18)14-6(2)5-10(11,12)13/h6-7H,3-5H2,1-2H3,(H,16,17)(H2,14,15,18). The first-order valence-electron chi connectivity index (χ1n) is 5.49. The average molecular weight is 270 g/mol. The van der Waals surface area contributed by atoms with Crippen molar-refractivity contribution in [1.29, 1.82) is 0 Å². The molecule has 0 aromatic rings. The molecule has 0 spiro atoms. The second-order valence-electron chi connectivity index (χ2n) is 4.04. The lowest BCUT2D eigenvalue weighted by Crippen LogP contribution is -2.46. The lowest BCUT2D eigenvalue weighted by atomic mass is 10.1. The number of alkyl halides is 3. The Balaban J connectivity index is 4.12. The van der Waals surface area contributed by atoms with E-state index in [0.29, 0.717) is 6.42 Å². The van der Waals surface area contributed by atoms with Crippen LogP contribution in [0.2, 0.25) is 0 Å². The summed E-state index contributed by atoms with van der Waals surface area (Å²) in [4.78, 5) is 21.7. The van der Waals surface area contributed by atoms with E-state index in [1.165, 1.54) is 6.92 Å². The summed E-state index contributed by atoms with van der Waals surface area (Å²) in [5.74, 6) is -1.08. The van der Waals surface area contributed by atoms with Crippen molar-refractivity contribution in [3.05, 3.63) is 0 Å². The Bertz CT molecular complexity index is 295. The van der Waals surface area contributed by atoms with Crippen molar-refractivity contribution < 1.29 is 27.9 Å². The van der Waals surface area contributed by atoms with Crippen molar-refractivity contribution in [3.8, 4) is 0 Å². The monoisotopic (exact) mass is 270 g/mol. The molecule has 0 aliphatic carbocycles. The fraction of sp³-hybridized carbons (Fsp3) is 0.800. The minimum absolute atomic E-state index is 0.266. The van der Waals surface area contributed by atoms with Crippen LogP contribution in [-0.2, 0) is 4.79 Å². The zero-order valence-electron chi connectivity index (χ0n) is 10.2. The molecule has 3 N–H and O–H groups in total. The van der Waals surface area contributed by atoms with E-state index in [1.807, 2.05) is 0 Å². The maximum atomic E-state index is 12.0. The number of carboxylic acid groups (broad SMARTS) is 1. The highest BCUT2D eigenvalue weighted by Crippen LogP contribution is 2.21. The number of hydrogen-bond acceptors (Lipinski definition) is 2. The smallest absolute Gasteiger partial charge is 0.391 e. The summed E-state index contributed by atoms with van der Waals surface area (Å²) < 4.78 is 36.0. The largest absolute Gasteiger partial charge is 0.481 e. The molecular formula is C10H17F3N2O3. The Hall–Kier alpha value is -1.47. The maximum absolute atomic E-state index is 12.0. The number of urea groups is 1. The molecule has 0 saturated heterocycles. The van der Waals surface area contributed by atoms with Crippen LogP contribution in [0.25, 0.3) is 0 Å². The van der Waals surface area contributed by atoms with Crippen LogP contribution in [0, 0.1) is 0 Å². The van der Waals surface area contributed by atoms with Crippen molar-refractivity contribution >= 4 is 12.0 Å². The van der Waals surface area contributed by atoms with Gasteiger partial charge in [0.1, 0.15) is 0 Å². The predicted molar refractivity (Wildman–Crippen MR) is 58.1 cm³/mol.